The van der Waals surface area contributed by atoms with Crippen molar-refractivity contribution in [2.45, 2.75) is 46.2 Å². The zero-order chi connectivity index (χ0) is 27.7. The quantitative estimate of drug-likeness (QED) is 0.246. The molecule has 1 aliphatic rings. The molecule has 2 aromatic heterocycles. The van der Waals surface area contributed by atoms with E-state index >= 15 is 0 Å². The zero-order valence-electron chi connectivity index (χ0n) is 22.5. The summed E-state index contributed by atoms with van der Waals surface area (Å²) in [4.78, 5) is 19.8. The molecule has 2 N–H and O–H groups in total. The number of anilines is 1. The van der Waals surface area contributed by atoms with Gasteiger partial charge in [-0.15, -0.1) is 0 Å². The first kappa shape index (κ1) is 26.9. The highest BCUT2D eigenvalue weighted by Crippen LogP contribution is 2.42. The van der Waals surface area contributed by atoms with Gasteiger partial charge in [-0.1, -0.05) is 41.9 Å². The van der Waals surface area contributed by atoms with E-state index in [0.717, 1.165) is 50.2 Å². The lowest BCUT2D eigenvalue weighted by molar-refractivity contribution is -0.116. The number of pyridine rings is 1. The highest BCUT2D eigenvalue weighted by atomic mass is 35.5. The fourth-order valence-corrected chi connectivity index (χ4v) is 5.93. The van der Waals surface area contributed by atoms with Crippen molar-refractivity contribution < 1.29 is 4.79 Å². The molecule has 5 rings (SSSR count). The third-order valence-electron chi connectivity index (χ3n) is 7.47. The van der Waals surface area contributed by atoms with Crippen molar-refractivity contribution in [3.63, 3.8) is 0 Å². The van der Waals surface area contributed by atoms with Gasteiger partial charge in [-0.25, -0.2) is 0 Å². The lowest BCUT2D eigenvalue weighted by Gasteiger charge is -2.28. The Morgan fingerprint density at radius 1 is 1.05 bits per heavy atom. The van der Waals surface area contributed by atoms with Crippen LogP contribution in [0.4, 0.5) is 5.69 Å². The van der Waals surface area contributed by atoms with Crippen LogP contribution in [-0.4, -0.2) is 32.0 Å². The second kappa shape index (κ2) is 11.2. The number of benzene rings is 2. The van der Waals surface area contributed by atoms with Crippen LogP contribution in [0.3, 0.4) is 0 Å². The van der Waals surface area contributed by atoms with Gasteiger partial charge in [0.1, 0.15) is 0 Å². The first-order valence-electron chi connectivity index (χ1n) is 13.0. The Kier molecular flexibility index (Phi) is 7.73. The highest BCUT2D eigenvalue weighted by Gasteiger charge is 2.41. The summed E-state index contributed by atoms with van der Waals surface area (Å²) in [5, 5.41) is 7.89. The summed E-state index contributed by atoms with van der Waals surface area (Å²) in [7, 11) is 0. The van der Waals surface area contributed by atoms with E-state index in [1.165, 1.54) is 0 Å². The van der Waals surface area contributed by atoms with Crippen LogP contribution in [0.2, 0.25) is 5.02 Å². The molecule has 3 heterocycles. The molecule has 1 fully saturated rings. The molecular formula is C31H32ClN5OS. The Hall–Kier alpha value is -3.68. The summed E-state index contributed by atoms with van der Waals surface area (Å²) >= 11 is 12.3. The largest absolute Gasteiger partial charge is 0.352 e. The third-order valence-corrected chi connectivity index (χ3v) is 8.23. The molecule has 4 aromatic rings. The van der Waals surface area contributed by atoms with Gasteiger partial charge in [0.05, 0.1) is 17.8 Å². The van der Waals surface area contributed by atoms with Crippen molar-refractivity contribution in [3.05, 3.63) is 112 Å². The Morgan fingerprint density at radius 3 is 2.56 bits per heavy atom. The zero-order valence-corrected chi connectivity index (χ0v) is 24.1. The number of hydrogen-bond donors (Lipinski definition) is 2. The van der Waals surface area contributed by atoms with Crippen LogP contribution < -0.4 is 10.6 Å². The van der Waals surface area contributed by atoms with Gasteiger partial charge in [0.2, 0.25) is 5.91 Å². The van der Waals surface area contributed by atoms with Gasteiger partial charge >= 0.3 is 0 Å². The molecule has 2 atom stereocenters. The van der Waals surface area contributed by atoms with Crippen LogP contribution in [-0.2, 0) is 4.79 Å². The van der Waals surface area contributed by atoms with E-state index in [2.05, 4.69) is 51.1 Å². The van der Waals surface area contributed by atoms with Gasteiger partial charge < -0.3 is 20.1 Å². The van der Waals surface area contributed by atoms with Gasteiger partial charge in [-0.2, -0.15) is 0 Å². The lowest BCUT2D eigenvalue weighted by Crippen LogP contribution is -2.33. The smallest absolute Gasteiger partial charge is 0.226 e. The van der Waals surface area contributed by atoms with E-state index in [1.54, 1.807) is 6.20 Å². The normalized spacial score (nSPS) is 16.8. The van der Waals surface area contributed by atoms with E-state index in [4.69, 9.17) is 23.8 Å². The highest BCUT2D eigenvalue weighted by molar-refractivity contribution is 7.80. The van der Waals surface area contributed by atoms with Crippen molar-refractivity contribution >= 4 is 40.5 Å². The van der Waals surface area contributed by atoms with E-state index in [-0.39, 0.29) is 18.0 Å². The van der Waals surface area contributed by atoms with E-state index in [0.29, 0.717) is 18.1 Å². The van der Waals surface area contributed by atoms with Crippen LogP contribution in [0.15, 0.2) is 72.9 Å². The van der Waals surface area contributed by atoms with Crippen LogP contribution >= 0.6 is 23.8 Å². The maximum atomic E-state index is 13.0. The molecule has 2 aromatic carbocycles. The van der Waals surface area contributed by atoms with Crippen LogP contribution in [0.25, 0.3) is 5.69 Å². The Bertz CT molecular complexity index is 1530. The maximum Gasteiger partial charge on any atom is 0.226 e. The lowest BCUT2D eigenvalue weighted by atomic mass is 9.96. The van der Waals surface area contributed by atoms with E-state index in [1.807, 2.05) is 68.4 Å². The molecule has 1 aliphatic heterocycles. The average Bonchev–Trinajstić information content (AvgIpc) is 3.40. The minimum Gasteiger partial charge on any atom is -0.352 e. The standard InChI is InChI=1S/C31H32ClN5OS/c1-19-10-5-6-12-25(19)34-28(38)15-17-36-30(29(35-31(36)39)26-13-7-8-16-33-26)23-18-20(2)37(22(23)4)27-14-9-11-24(32)21(27)3/h5-14,16,18,29-30H,15,17H2,1-4H3,(H,34,38)(H,35,39)/t29-,30+/m0/s1. The van der Waals surface area contributed by atoms with E-state index < -0.39 is 0 Å². The molecule has 6 nitrogen and oxygen atoms in total. The number of carbonyl (C=O) groups is 1. The molecule has 8 heteroatoms. The SMILES string of the molecule is Cc1ccccc1NC(=O)CCN1C(=S)N[C@@H](c2ccccn2)[C@H]1c1cc(C)n(-c2cccc(Cl)c2C)c1C. The number of hydrogen-bond acceptors (Lipinski definition) is 3. The number of carbonyl (C=O) groups excluding carboxylic acids is 1. The van der Waals surface area contributed by atoms with Crippen LogP contribution in [0, 0.1) is 27.7 Å². The van der Waals surface area contributed by atoms with Gasteiger partial charge in [-0.3, -0.25) is 9.78 Å². The predicted octanol–water partition coefficient (Wildman–Crippen LogP) is 6.76. The van der Waals surface area contributed by atoms with Crippen molar-refractivity contribution in [1.29, 1.82) is 0 Å². The number of aryl methyl sites for hydroxylation is 2. The van der Waals surface area contributed by atoms with Crippen LogP contribution in [0.1, 0.15) is 52.3 Å². The summed E-state index contributed by atoms with van der Waals surface area (Å²) in [6, 6.07) is 21.6. The fourth-order valence-electron chi connectivity index (χ4n) is 5.43. The first-order chi connectivity index (χ1) is 18.8. The molecule has 39 heavy (non-hydrogen) atoms. The van der Waals surface area contributed by atoms with Crippen molar-refractivity contribution in [2.75, 3.05) is 11.9 Å². The number of rotatable bonds is 7. The maximum absolute atomic E-state index is 13.0. The molecule has 0 bridgehead atoms. The predicted molar refractivity (Wildman–Crippen MR) is 162 cm³/mol. The Labute approximate surface area is 240 Å². The van der Waals surface area contributed by atoms with Crippen LogP contribution in [0.5, 0.6) is 0 Å². The topological polar surface area (TPSA) is 62.2 Å². The number of thiocarbonyl (C=S) groups is 1. The molecule has 200 valence electrons. The van der Waals surface area contributed by atoms with Crippen molar-refractivity contribution in [1.82, 2.24) is 19.8 Å². The number of aromatic nitrogens is 2. The summed E-state index contributed by atoms with van der Waals surface area (Å²) in [6.07, 6.45) is 2.10. The summed E-state index contributed by atoms with van der Waals surface area (Å²) < 4.78 is 2.25. The van der Waals surface area contributed by atoms with Gasteiger partial charge in [0, 0.05) is 46.9 Å². The fraction of sp³-hybridized carbons (Fsp3) is 0.258. The minimum absolute atomic E-state index is 0.0489. The van der Waals surface area contributed by atoms with Gasteiger partial charge in [0.25, 0.3) is 0 Å². The minimum atomic E-state index is -0.160. The molecule has 0 spiro atoms. The van der Waals surface area contributed by atoms with Crippen molar-refractivity contribution in [3.8, 4) is 5.69 Å². The number of nitrogens with zero attached hydrogens (tertiary/aromatic N) is 3. The van der Waals surface area contributed by atoms with Gasteiger partial charge in [0.15, 0.2) is 5.11 Å². The Morgan fingerprint density at radius 2 is 1.82 bits per heavy atom. The average molecular weight is 558 g/mol. The summed E-state index contributed by atoms with van der Waals surface area (Å²) in [6.45, 7) is 8.73. The number of halogens is 1. The van der Waals surface area contributed by atoms with E-state index in [9.17, 15) is 4.79 Å². The first-order valence-corrected chi connectivity index (χ1v) is 13.8. The number of para-hydroxylation sites is 1. The third kappa shape index (κ3) is 5.29. The van der Waals surface area contributed by atoms with Gasteiger partial charge in [-0.05, 0) is 93.0 Å². The second-order valence-electron chi connectivity index (χ2n) is 9.98. The molecule has 0 unspecified atom stereocenters. The summed E-state index contributed by atoms with van der Waals surface area (Å²) in [5.74, 6) is -0.0489. The summed E-state index contributed by atoms with van der Waals surface area (Å²) in [5.41, 5.74) is 8.17. The molecule has 0 saturated carbocycles. The monoisotopic (exact) mass is 557 g/mol. The number of nitrogens with one attached hydrogen (secondary N) is 2. The molecule has 0 aliphatic carbocycles. The number of amides is 1. The Balaban J connectivity index is 1.50. The molecule has 1 saturated heterocycles. The van der Waals surface area contributed by atoms with Crippen molar-refractivity contribution in [2.24, 2.45) is 0 Å². The molecule has 0 radical (unpaired) electrons. The molecule has 1 amide bonds. The molecular weight excluding hydrogens is 526 g/mol. The second-order valence-corrected chi connectivity index (χ2v) is 10.8.